The van der Waals surface area contributed by atoms with E-state index in [9.17, 15) is 9.59 Å². The molecule has 1 atom stereocenters. The van der Waals surface area contributed by atoms with E-state index in [2.05, 4.69) is 38.3 Å². The van der Waals surface area contributed by atoms with Gasteiger partial charge in [0.25, 0.3) is 0 Å². The van der Waals surface area contributed by atoms with Crippen molar-refractivity contribution in [2.24, 2.45) is 16.7 Å². The third kappa shape index (κ3) is 5.89. The van der Waals surface area contributed by atoms with Crippen molar-refractivity contribution in [3.8, 4) is 0 Å². The quantitative estimate of drug-likeness (QED) is 0.706. The van der Waals surface area contributed by atoms with Crippen molar-refractivity contribution >= 4 is 12.0 Å². The van der Waals surface area contributed by atoms with Crippen LogP contribution in [0.25, 0.3) is 0 Å². The summed E-state index contributed by atoms with van der Waals surface area (Å²) in [5, 5.41) is 14.2. The number of carbonyl (C=O) groups excluding carboxylic acids is 1. The lowest BCUT2D eigenvalue weighted by Gasteiger charge is -2.27. The van der Waals surface area contributed by atoms with Gasteiger partial charge < -0.3 is 15.7 Å². The van der Waals surface area contributed by atoms with Gasteiger partial charge in [0.1, 0.15) is 0 Å². The summed E-state index contributed by atoms with van der Waals surface area (Å²) in [5.74, 6) is -0.582. The maximum atomic E-state index is 11.5. The van der Waals surface area contributed by atoms with Crippen LogP contribution in [-0.4, -0.2) is 30.2 Å². The zero-order chi connectivity index (χ0) is 14.6. The van der Waals surface area contributed by atoms with E-state index in [-0.39, 0.29) is 18.0 Å². The summed E-state index contributed by atoms with van der Waals surface area (Å²) in [6.07, 6.45) is 0. The van der Waals surface area contributed by atoms with Crippen molar-refractivity contribution in [2.45, 2.75) is 41.5 Å². The molecule has 0 aliphatic rings. The molecular weight excluding hydrogens is 232 g/mol. The molecule has 0 bridgehead atoms. The first-order valence-electron chi connectivity index (χ1n) is 6.22. The van der Waals surface area contributed by atoms with E-state index >= 15 is 0 Å². The van der Waals surface area contributed by atoms with E-state index in [1.54, 1.807) is 13.8 Å². The van der Waals surface area contributed by atoms with Crippen LogP contribution in [0.3, 0.4) is 0 Å². The molecule has 3 N–H and O–H groups in total. The third-order valence-corrected chi connectivity index (χ3v) is 3.32. The second-order valence-corrected chi connectivity index (χ2v) is 6.52. The summed E-state index contributed by atoms with van der Waals surface area (Å²) in [6, 6.07) is -0.319. The number of carbonyl (C=O) groups is 2. The molecule has 106 valence electrons. The molecule has 0 spiro atoms. The second kappa shape index (κ2) is 6.07. The van der Waals surface area contributed by atoms with Gasteiger partial charge in [-0.15, -0.1) is 0 Å². The van der Waals surface area contributed by atoms with Crippen LogP contribution in [-0.2, 0) is 4.79 Å². The van der Waals surface area contributed by atoms with Crippen molar-refractivity contribution in [2.75, 3.05) is 13.1 Å². The average molecular weight is 258 g/mol. The predicted octanol–water partition coefficient (Wildman–Crippen LogP) is 2.08. The largest absolute Gasteiger partial charge is 0.481 e. The molecular formula is C13H26N2O3. The minimum atomic E-state index is -0.951. The minimum absolute atomic E-state index is 0.109. The lowest BCUT2D eigenvalue weighted by Crippen LogP contribution is -2.45. The van der Waals surface area contributed by atoms with Crippen LogP contribution < -0.4 is 10.6 Å². The summed E-state index contributed by atoms with van der Waals surface area (Å²) >= 11 is 0. The van der Waals surface area contributed by atoms with Crippen LogP contribution in [0.1, 0.15) is 41.5 Å². The normalized spacial score (nSPS) is 13.9. The average Bonchev–Trinajstić information content (AvgIpc) is 2.21. The Hall–Kier alpha value is -1.26. The molecule has 1 unspecified atom stereocenters. The van der Waals surface area contributed by atoms with Gasteiger partial charge in [0.15, 0.2) is 0 Å². The lowest BCUT2D eigenvalue weighted by molar-refractivity contribution is -0.146. The molecule has 0 aromatic heterocycles. The molecule has 18 heavy (non-hydrogen) atoms. The Labute approximate surface area is 109 Å². The summed E-state index contributed by atoms with van der Waals surface area (Å²) in [4.78, 5) is 22.4. The van der Waals surface area contributed by atoms with Crippen LogP contribution >= 0.6 is 0 Å². The Bertz CT molecular complexity index is 306. The first-order chi connectivity index (χ1) is 7.97. The number of amides is 2. The smallest absolute Gasteiger partial charge is 0.314 e. The number of hydrogen-bond donors (Lipinski definition) is 3. The van der Waals surface area contributed by atoms with Crippen molar-refractivity contribution < 1.29 is 14.7 Å². The van der Waals surface area contributed by atoms with Gasteiger partial charge in [0, 0.05) is 13.1 Å². The van der Waals surface area contributed by atoms with Gasteiger partial charge in [0.05, 0.1) is 5.41 Å². The van der Waals surface area contributed by atoms with Crippen molar-refractivity contribution in [3.05, 3.63) is 0 Å². The Morgan fingerprint density at radius 1 is 1.11 bits per heavy atom. The van der Waals surface area contributed by atoms with Gasteiger partial charge in [-0.1, -0.05) is 27.7 Å². The molecule has 0 saturated carbocycles. The number of carboxylic acid groups (broad SMARTS) is 1. The SMILES string of the molecule is CC(CNC(=O)NCC(C)(C)C(=O)O)C(C)(C)C. The molecule has 0 aromatic rings. The Balaban J connectivity index is 4.04. The number of urea groups is 1. The van der Waals surface area contributed by atoms with Crippen LogP contribution in [0.15, 0.2) is 0 Å². The summed E-state index contributed by atoms with van der Waals surface area (Å²) < 4.78 is 0. The second-order valence-electron chi connectivity index (χ2n) is 6.52. The maximum Gasteiger partial charge on any atom is 0.314 e. The van der Waals surface area contributed by atoms with E-state index in [1.807, 2.05) is 0 Å². The molecule has 0 saturated heterocycles. The number of hydrogen-bond acceptors (Lipinski definition) is 2. The van der Waals surface area contributed by atoms with Gasteiger partial charge in [-0.3, -0.25) is 4.79 Å². The highest BCUT2D eigenvalue weighted by molar-refractivity contribution is 5.77. The molecule has 2 amide bonds. The van der Waals surface area contributed by atoms with E-state index < -0.39 is 11.4 Å². The molecule has 5 heteroatoms. The number of nitrogens with one attached hydrogen (secondary N) is 2. The molecule has 0 aromatic carbocycles. The highest BCUT2D eigenvalue weighted by atomic mass is 16.4. The fourth-order valence-corrected chi connectivity index (χ4v) is 0.991. The van der Waals surface area contributed by atoms with E-state index in [0.717, 1.165) is 0 Å². The molecule has 0 fully saturated rings. The first-order valence-corrected chi connectivity index (χ1v) is 6.22. The molecule has 0 aliphatic carbocycles. The van der Waals surface area contributed by atoms with Crippen molar-refractivity contribution in [1.29, 1.82) is 0 Å². The molecule has 0 radical (unpaired) electrons. The fourth-order valence-electron chi connectivity index (χ4n) is 0.991. The topological polar surface area (TPSA) is 78.4 Å². The molecule has 0 aliphatic heterocycles. The predicted molar refractivity (Wildman–Crippen MR) is 71.4 cm³/mol. The van der Waals surface area contributed by atoms with Gasteiger partial charge in [-0.05, 0) is 25.2 Å². The van der Waals surface area contributed by atoms with Crippen molar-refractivity contribution in [1.82, 2.24) is 10.6 Å². The highest BCUT2D eigenvalue weighted by Crippen LogP contribution is 2.24. The van der Waals surface area contributed by atoms with Gasteiger partial charge in [-0.2, -0.15) is 0 Å². The third-order valence-electron chi connectivity index (χ3n) is 3.32. The summed E-state index contributed by atoms with van der Waals surface area (Å²) in [7, 11) is 0. The van der Waals surface area contributed by atoms with Crippen LogP contribution in [0.5, 0.6) is 0 Å². The Morgan fingerprint density at radius 3 is 2.00 bits per heavy atom. The monoisotopic (exact) mass is 258 g/mol. The Kier molecular flexibility index (Phi) is 5.64. The fraction of sp³-hybridized carbons (Fsp3) is 0.846. The molecule has 0 heterocycles. The lowest BCUT2D eigenvalue weighted by atomic mass is 9.82. The maximum absolute atomic E-state index is 11.5. The zero-order valence-electron chi connectivity index (χ0n) is 12.3. The highest BCUT2D eigenvalue weighted by Gasteiger charge is 2.27. The number of carboxylic acids is 1. The van der Waals surface area contributed by atoms with E-state index in [1.165, 1.54) is 0 Å². The summed E-state index contributed by atoms with van der Waals surface area (Å²) in [5.41, 5.74) is -0.819. The van der Waals surface area contributed by atoms with Crippen molar-refractivity contribution in [3.63, 3.8) is 0 Å². The zero-order valence-corrected chi connectivity index (χ0v) is 12.3. The number of aliphatic carboxylic acids is 1. The Morgan fingerprint density at radius 2 is 1.61 bits per heavy atom. The minimum Gasteiger partial charge on any atom is -0.481 e. The van der Waals surface area contributed by atoms with Gasteiger partial charge in [0.2, 0.25) is 0 Å². The number of rotatable bonds is 5. The van der Waals surface area contributed by atoms with E-state index in [0.29, 0.717) is 12.5 Å². The standard InChI is InChI=1S/C13H26N2O3/c1-9(12(2,3)4)7-14-11(18)15-8-13(5,6)10(16)17/h9H,7-8H2,1-6H3,(H,16,17)(H2,14,15,18). The van der Waals surface area contributed by atoms with Crippen LogP contribution in [0.4, 0.5) is 4.79 Å². The van der Waals surface area contributed by atoms with Crippen LogP contribution in [0, 0.1) is 16.7 Å². The van der Waals surface area contributed by atoms with Crippen LogP contribution in [0.2, 0.25) is 0 Å². The molecule has 5 nitrogen and oxygen atoms in total. The van der Waals surface area contributed by atoms with E-state index in [4.69, 9.17) is 5.11 Å². The first kappa shape index (κ1) is 16.7. The summed E-state index contributed by atoms with van der Waals surface area (Å²) in [6.45, 7) is 12.3. The molecule has 0 rings (SSSR count). The van der Waals surface area contributed by atoms with Gasteiger partial charge in [-0.25, -0.2) is 4.79 Å². The van der Waals surface area contributed by atoms with Gasteiger partial charge >= 0.3 is 12.0 Å².